The van der Waals surface area contributed by atoms with Crippen molar-refractivity contribution in [2.45, 2.75) is 0 Å². The Bertz CT molecular complexity index is 1030. The number of carbonyl (C=O) groups is 3. The van der Waals surface area contributed by atoms with Crippen LogP contribution in [0.25, 0.3) is 0 Å². The van der Waals surface area contributed by atoms with Crippen molar-refractivity contribution in [3.05, 3.63) is 77.9 Å². The number of benzene rings is 2. The van der Waals surface area contributed by atoms with Crippen molar-refractivity contribution in [1.82, 2.24) is 0 Å². The van der Waals surface area contributed by atoms with E-state index in [1.807, 2.05) is 22.6 Å². The summed E-state index contributed by atoms with van der Waals surface area (Å²) >= 11 is 1.94. The van der Waals surface area contributed by atoms with E-state index in [9.17, 15) is 14.4 Å². The summed E-state index contributed by atoms with van der Waals surface area (Å²) in [6, 6.07) is 7.92. The molecule has 0 aromatic heterocycles. The van der Waals surface area contributed by atoms with Gasteiger partial charge in [-0.15, -0.1) is 0 Å². The SMILES string of the molecule is C=CCOc1cccc2c1C(=O)c1c(OCC=C)cc(NC(=O)CI)cc1C2=O. The number of ether oxygens (including phenoxy) is 2. The lowest BCUT2D eigenvalue weighted by atomic mass is 9.82. The van der Waals surface area contributed by atoms with Gasteiger partial charge in [-0.1, -0.05) is 60.0 Å². The Morgan fingerprint density at radius 1 is 0.966 bits per heavy atom. The highest BCUT2D eigenvalue weighted by Crippen LogP contribution is 2.39. The quantitative estimate of drug-likeness (QED) is 0.286. The molecule has 0 saturated heterocycles. The van der Waals surface area contributed by atoms with Crippen LogP contribution in [0, 0.1) is 0 Å². The summed E-state index contributed by atoms with van der Waals surface area (Å²) in [5.41, 5.74) is 1.14. The third-order valence-electron chi connectivity index (χ3n) is 4.19. The van der Waals surface area contributed by atoms with Crippen LogP contribution in [-0.2, 0) is 4.79 Å². The van der Waals surface area contributed by atoms with E-state index in [1.165, 1.54) is 18.2 Å². The van der Waals surface area contributed by atoms with Crippen LogP contribution in [-0.4, -0.2) is 35.1 Å². The zero-order valence-electron chi connectivity index (χ0n) is 15.5. The van der Waals surface area contributed by atoms with Gasteiger partial charge >= 0.3 is 0 Å². The largest absolute Gasteiger partial charge is 0.489 e. The van der Waals surface area contributed by atoms with Crippen LogP contribution in [0.1, 0.15) is 31.8 Å². The minimum atomic E-state index is -0.375. The van der Waals surface area contributed by atoms with E-state index in [4.69, 9.17) is 9.47 Å². The molecule has 0 spiro atoms. The maximum absolute atomic E-state index is 13.4. The molecule has 1 aliphatic carbocycles. The van der Waals surface area contributed by atoms with Crippen molar-refractivity contribution in [3.63, 3.8) is 0 Å². The second kappa shape index (κ2) is 9.04. The fourth-order valence-electron chi connectivity index (χ4n) is 3.05. The molecule has 148 valence electrons. The van der Waals surface area contributed by atoms with Crippen molar-refractivity contribution in [3.8, 4) is 11.5 Å². The van der Waals surface area contributed by atoms with E-state index < -0.39 is 0 Å². The van der Waals surface area contributed by atoms with Gasteiger partial charge in [0, 0.05) is 22.9 Å². The van der Waals surface area contributed by atoms with Crippen molar-refractivity contribution >= 4 is 45.8 Å². The van der Waals surface area contributed by atoms with Crippen LogP contribution in [0.15, 0.2) is 55.6 Å². The first-order chi connectivity index (χ1) is 14.0. The maximum Gasteiger partial charge on any atom is 0.234 e. The monoisotopic (exact) mass is 503 g/mol. The normalized spacial score (nSPS) is 11.9. The predicted octanol–water partition coefficient (Wildman–Crippen LogP) is 3.97. The standard InChI is InChI=1S/C22H18INO5/c1-3-8-28-16-7-5-6-14-19(16)22(27)20-15(21(14)26)10-13(24-18(25)12-23)11-17(20)29-9-4-2/h3-7,10-11H,1-2,8-9,12H2,(H,24,25). The highest BCUT2D eigenvalue weighted by molar-refractivity contribution is 14.1. The lowest BCUT2D eigenvalue weighted by Gasteiger charge is -2.23. The number of halogens is 1. The smallest absolute Gasteiger partial charge is 0.234 e. The third kappa shape index (κ3) is 4.09. The molecular weight excluding hydrogens is 485 g/mol. The maximum atomic E-state index is 13.4. The first-order valence-corrected chi connectivity index (χ1v) is 10.3. The molecule has 0 bridgehead atoms. The molecule has 0 radical (unpaired) electrons. The number of hydrogen-bond acceptors (Lipinski definition) is 5. The summed E-state index contributed by atoms with van der Waals surface area (Å²) in [7, 11) is 0. The van der Waals surface area contributed by atoms with Crippen molar-refractivity contribution < 1.29 is 23.9 Å². The molecule has 2 aromatic carbocycles. The molecule has 0 unspecified atom stereocenters. The summed E-state index contributed by atoms with van der Waals surface area (Å²) < 4.78 is 11.5. The number of amides is 1. The highest BCUT2D eigenvalue weighted by Gasteiger charge is 2.35. The molecule has 6 nitrogen and oxygen atoms in total. The molecule has 0 heterocycles. The van der Waals surface area contributed by atoms with Crippen LogP contribution >= 0.6 is 22.6 Å². The van der Waals surface area contributed by atoms with Gasteiger partial charge in [-0.05, 0) is 12.1 Å². The molecule has 7 heteroatoms. The Hall–Kier alpha value is -2.94. The minimum absolute atomic E-state index is 0.138. The Morgan fingerprint density at radius 2 is 1.62 bits per heavy atom. The van der Waals surface area contributed by atoms with Gasteiger partial charge in [0.25, 0.3) is 0 Å². The van der Waals surface area contributed by atoms with Crippen molar-refractivity contribution in [2.24, 2.45) is 0 Å². The summed E-state index contributed by atoms with van der Waals surface area (Å²) in [5.74, 6) is -0.430. The summed E-state index contributed by atoms with van der Waals surface area (Å²) in [6.45, 7) is 7.56. The fraction of sp³-hybridized carbons (Fsp3) is 0.136. The van der Waals surface area contributed by atoms with Gasteiger partial charge in [-0.3, -0.25) is 14.4 Å². The van der Waals surface area contributed by atoms with Gasteiger partial charge < -0.3 is 14.8 Å². The number of anilines is 1. The number of rotatable bonds is 8. The molecule has 1 N–H and O–H groups in total. The molecule has 1 aliphatic rings. The van der Waals surface area contributed by atoms with Gasteiger partial charge in [0.05, 0.1) is 15.6 Å². The molecule has 29 heavy (non-hydrogen) atoms. The van der Waals surface area contributed by atoms with E-state index in [-0.39, 0.29) is 63.1 Å². The topological polar surface area (TPSA) is 81.7 Å². The van der Waals surface area contributed by atoms with Crippen molar-refractivity contribution in [1.29, 1.82) is 0 Å². The minimum Gasteiger partial charge on any atom is -0.489 e. The zero-order valence-corrected chi connectivity index (χ0v) is 17.7. The fourth-order valence-corrected chi connectivity index (χ4v) is 3.24. The number of ketones is 2. The molecule has 1 amide bonds. The highest BCUT2D eigenvalue weighted by atomic mass is 127. The molecule has 3 rings (SSSR count). The van der Waals surface area contributed by atoms with Gasteiger partial charge in [-0.2, -0.15) is 0 Å². The Kier molecular flexibility index (Phi) is 6.48. The van der Waals surface area contributed by atoms with Crippen LogP contribution in [0.4, 0.5) is 5.69 Å². The third-order valence-corrected chi connectivity index (χ3v) is 4.88. The summed E-state index contributed by atoms with van der Waals surface area (Å²) in [5, 5.41) is 2.71. The lowest BCUT2D eigenvalue weighted by molar-refractivity contribution is -0.113. The van der Waals surface area contributed by atoms with Gasteiger partial charge in [0.15, 0.2) is 5.78 Å². The summed E-state index contributed by atoms with van der Waals surface area (Å²) in [4.78, 5) is 38.4. The summed E-state index contributed by atoms with van der Waals surface area (Å²) in [6.07, 6.45) is 3.09. The second-order valence-electron chi connectivity index (χ2n) is 6.12. The lowest BCUT2D eigenvalue weighted by Crippen LogP contribution is -2.24. The van der Waals surface area contributed by atoms with Crippen LogP contribution in [0.5, 0.6) is 11.5 Å². The number of carbonyl (C=O) groups excluding carboxylic acids is 3. The number of hydrogen-bond donors (Lipinski definition) is 1. The Balaban J connectivity index is 2.17. The number of nitrogens with one attached hydrogen (secondary N) is 1. The number of alkyl halides is 1. The molecule has 2 aromatic rings. The van der Waals surface area contributed by atoms with Crippen LogP contribution < -0.4 is 14.8 Å². The Morgan fingerprint density at radius 3 is 2.28 bits per heavy atom. The molecule has 0 atom stereocenters. The molecular formula is C22H18INO5. The first-order valence-electron chi connectivity index (χ1n) is 8.75. The predicted molar refractivity (Wildman–Crippen MR) is 119 cm³/mol. The van der Waals surface area contributed by atoms with Crippen molar-refractivity contribution in [2.75, 3.05) is 23.0 Å². The van der Waals surface area contributed by atoms with E-state index in [0.29, 0.717) is 11.4 Å². The molecule has 0 fully saturated rings. The Labute approximate surface area is 181 Å². The molecule has 0 aliphatic heterocycles. The number of fused-ring (bicyclic) bond motifs is 2. The van der Waals surface area contributed by atoms with Gasteiger partial charge in [0.1, 0.15) is 24.7 Å². The molecule has 0 saturated carbocycles. The van der Waals surface area contributed by atoms with E-state index in [0.717, 1.165) is 0 Å². The van der Waals surface area contributed by atoms with E-state index >= 15 is 0 Å². The van der Waals surface area contributed by atoms with Gasteiger partial charge in [-0.25, -0.2) is 0 Å². The zero-order chi connectivity index (χ0) is 21.0. The average molecular weight is 503 g/mol. The van der Waals surface area contributed by atoms with Crippen LogP contribution in [0.2, 0.25) is 0 Å². The van der Waals surface area contributed by atoms with Crippen LogP contribution in [0.3, 0.4) is 0 Å². The van der Waals surface area contributed by atoms with Gasteiger partial charge in [0.2, 0.25) is 11.7 Å². The van der Waals surface area contributed by atoms with E-state index in [1.54, 1.807) is 24.3 Å². The average Bonchev–Trinajstić information content (AvgIpc) is 2.73. The first kappa shape index (κ1) is 20.8. The van der Waals surface area contributed by atoms with E-state index in [2.05, 4.69) is 18.5 Å². The second-order valence-corrected chi connectivity index (χ2v) is 6.88.